The molecular formula is C25H27N2+. The van der Waals surface area contributed by atoms with Crippen molar-refractivity contribution < 1.29 is 8.68 Å². The fraction of sp³-hybridized carbons (Fsp3) is 0.360. The van der Waals surface area contributed by atoms with Gasteiger partial charge in [-0.15, -0.1) is 0 Å². The molecular weight excluding hydrogens is 328 g/mol. The second-order valence-electron chi connectivity index (χ2n) is 8.03. The molecule has 136 valence electrons. The van der Waals surface area contributed by atoms with Gasteiger partial charge in [-0.2, -0.15) is 0 Å². The molecule has 1 aliphatic carbocycles. The van der Waals surface area contributed by atoms with E-state index in [1.807, 2.05) is 17.8 Å². The van der Waals surface area contributed by atoms with Gasteiger partial charge in [-0.3, -0.25) is 4.98 Å². The van der Waals surface area contributed by atoms with Crippen molar-refractivity contribution in [3.8, 4) is 22.4 Å². The van der Waals surface area contributed by atoms with E-state index in [4.69, 9.17) is 9.10 Å². The van der Waals surface area contributed by atoms with Crippen molar-refractivity contribution in [2.24, 2.45) is 7.05 Å². The zero-order chi connectivity index (χ0) is 21.0. The van der Waals surface area contributed by atoms with Crippen molar-refractivity contribution in [2.75, 3.05) is 0 Å². The second-order valence-corrected chi connectivity index (χ2v) is 8.03. The van der Waals surface area contributed by atoms with Crippen molar-refractivity contribution in [2.45, 2.75) is 52.3 Å². The Kier molecular flexibility index (Phi) is 3.18. The maximum atomic E-state index is 8.05. The lowest BCUT2D eigenvalue weighted by Crippen LogP contribution is -2.32. The number of fused-ring (bicyclic) bond motifs is 5. The first-order valence-corrected chi connectivity index (χ1v) is 9.98. The lowest BCUT2D eigenvalue weighted by molar-refractivity contribution is -0.660. The van der Waals surface area contributed by atoms with Crippen LogP contribution in [0.5, 0.6) is 0 Å². The van der Waals surface area contributed by atoms with E-state index in [0.29, 0.717) is 5.56 Å². The zero-order valence-electron chi connectivity index (χ0n) is 19.1. The minimum Gasteiger partial charge on any atom is -0.257 e. The number of hydrogen-bond acceptors (Lipinski definition) is 1. The van der Waals surface area contributed by atoms with Crippen LogP contribution >= 0.6 is 0 Å². The molecule has 5 bridgehead atoms. The molecule has 2 aromatic heterocycles. The van der Waals surface area contributed by atoms with Crippen LogP contribution in [0.25, 0.3) is 22.4 Å². The highest BCUT2D eigenvalue weighted by Gasteiger charge is 2.28. The molecule has 0 spiro atoms. The Hall–Kier alpha value is -2.48. The highest BCUT2D eigenvalue weighted by Crippen LogP contribution is 2.42. The van der Waals surface area contributed by atoms with Crippen LogP contribution in [0.4, 0.5) is 0 Å². The Labute approximate surface area is 166 Å². The molecule has 0 saturated carbocycles. The van der Waals surface area contributed by atoms with Crippen LogP contribution in [0, 0.1) is 13.8 Å². The van der Waals surface area contributed by atoms with Crippen LogP contribution in [0.1, 0.15) is 57.0 Å². The van der Waals surface area contributed by atoms with Gasteiger partial charge in [-0.05, 0) is 67.8 Å². The average molecular weight is 359 g/mol. The summed E-state index contributed by atoms with van der Waals surface area (Å²) in [6, 6.07) is 11.0. The maximum Gasteiger partial charge on any atom is 0.213 e. The van der Waals surface area contributed by atoms with Gasteiger partial charge in [0.25, 0.3) is 0 Å². The van der Waals surface area contributed by atoms with Crippen LogP contribution in [-0.2, 0) is 26.3 Å². The summed E-state index contributed by atoms with van der Waals surface area (Å²) < 4.78 is 26.2. The molecule has 3 heterocycles. The van der Waals surface area contributed by atoms with Gasteiger partial charge in [0.2, 0.25) is 5.69 Å². The number of aryl methyl sites for hydroxylation is 5. The standard InChI is InChI=1S/C25H27N2/c1-16-9-11-20-21-12-10-19-8-6-4-5-7-18-13-24(27(3)15-17(18)2)25(16)22(20)14-23(21)26-19/h9-13,15H,4-8,14H2,1-3H3/q+1/i2D3. The lowest BCUT2D eigenvalue weighted by atomic mass is 9.92. The highest BCUT2D eigenvalue weighted by atomic mass is 14.9. The number of pyridine rings is 2. The number of nitrogens with zero attached hydrogens (tertiary/aromatic N) is 2. The molecule has 0 unspecified atom stereocenters. The van der Waals surface area contributed by atoms with Crippen LogP contribution in [0.2, 0.25) is 0 Å². The molecule has 0 amide bonds. The monoisotopic (exact) mass is 358 g/mol. The Morgan fingerprint density at radius 2 is 1.85 bits per heavy atom. The van der Waals surface area contributed by atoms with Gasteiger partial charge in [0, 0.05) is 33.4 Å². The summed E-state index contributed by atoms with van der Waals surface area (Å²) >= 11 is 0. The molecule has 0 atom stereocenters. The number of benzene rings is 1. The topological polar surface area (TPSA) is 16.8 Å². The Bertz CT molecular complexity index is 1160. The fourth-order valence-electron chi connectivity index (χ4n) is 4.74. The van der Waals surface area contributed by atoms with Crippen LogP contribution in [0.3, 0.4) is 0 Å². The first kappa shape index (κ1) is 13.7. The number of rotatable bonds is 0. The normalized spacial score (nSPS) is 17.2. The minimum absolute atomic E-state index is 0.485. The third kappa shape index (κ3) is 2.70. The van der Waals surface area contributed by atoms with Gasteiger partial charge in [-0.1, -0.05) is 24.6 Å². The van der Waals surface area contributed by atoms with Crippen molar-refractivity contribution in [3.63, 3.8) is 0 Å². The van der Waals surface area contributed by atoms with E-state index in [2.05, 4.69) is 37.3 Å². The summed E-state index contributed by atoms with van der Waals surface area (Å²) in [6.45, 7) is 0.0528. The average Bonchev–Trinajstić information content (AvgIpc) is 3.05. The van der Waals surface area contributed by atoms with Crippen molar-refractivity contribution in [1.82, 2.24) is 4.98 Å². The van der Waals surface area contributed by atoms with Crippen molar-refractivity contribution >= 4 is 0 Å². The van der Waals surface area contributed by atoms with Crippen molar-refractivity contribution in [3.05, 3.63) is 70.2 Å². The molecule has 0 fully saturated rings. The predicted molar refractivity (Wildman–Crippen MR) is 110 cm³/mol. The van der Waals surface area contributed by atoms with Gasteiger partial charge < -0.3 is 0 Å². The molecule has 2 heteroatoms. The summed E-state index contributed by atoms with van der Waals surface area (Å²) in [5.41, 5.74) is 11.2. The van der Waals surface area contributed by atoms with E-state index in [0.717, 1.165) is 49.8 Å². The summed E-state index contributed by atoms with van der Waals surface area (Å²) in [6.07, 6.45) is 7.61. The van der Waals surface area contributed by atoms with Gasteiger partial charge in [0.1, 0.15) is 7.05 Å². The first-order valence-electron chi connectivity index (χ1n) is 11.5. The zero-order valence-corrected chi connectivity index (χ0v) is 16.1. The third-order valence-corrected chi connectivity index (χ3v) is 6.18. The number of hydrogen-bond donors (Lipinski definition) is 0. The third-order valence-electron chi connectivity index (χ3n) is 6.18. The van der Waals surface area contributed by atoms with Gasteiger partial charge in [-0.25, -0.2) is 4.57 Å². The molecule has 0 N–H and O–H groups in total. The van der Waals surface area contributed by atoms with E-state index >= 15 is 0 Å². The summed E-state index contributed by atoms with van der Waals surface area (Å²) in [7, 11) is 1.97. The first-order chi connectivity index (χ1) is 14.3. The van der Waals surface area contributed by atoms with Crippen LogP contribution in [0.15, 0.2) is 36.5 Å². The Morgan fingerprint density at radius 1 is 1.00 bits per heavy atom. The highest BCUT2D eigenvalue weighted by molar-refractivity contribution is 5.84. The summed E-state index contributed by atoms with van der Waals surface area (Å²) in [5, 5.41) is 0. The second kappa shape index (κ2) is 6.30. The largest absolute Gasteiger partial charge is 0.257 e. The van der Waals surface area contributed by atoms with E-state index in [-0.39, 0.29) is 0 Å². The van der Waals surface area contributed by atoms with Crippen LogP contribution < -0.4 is 4.57 Å². The quantitative estimate of drug-likeness (QED) is 0.403. The minimum atomic E-state index is -2.10. The molecule has 1 aromatic carbocycles. The van der Waals surface area contributed by atoms with Crippen molar-refractivity contribution in [1.29, 1.82) is 0 Å². The molecule has 5 rings (SSSR count). The van der Waals surface area contributed by atoms with E-state index in [1.54, 1.807) is 0 Å². The molecule has 3 aromatic rings. The lowest BCUT2D eigenvalue weighted by Gasteiger charge is -2.13. The molecule has 0 saturated heterocycles. The summed E-state index contributed by atoms with van der Waals surface area (Å²) in [5.74, 6) is 0. The molecule has 0 radical (unpaired) electrons. The fourth-order valence-corrected chi connectivity index (χ4v) is 4.74. The SMILES string of the molecule is [2H]C([2H])([2H])c1c[n+](C)c2cc1CCCCCc1ccc3c(n1)Cc1c-3ccc(C)c1-2. The smallest absolute Gasteiger partial charge is 0.213 e. The van der Waals surface area contributed by atoms with Gasteiger partial charge in [0.05, 0.1) is 11.3 Å². The molecule has 27 heavy (non-hydrogen) atoms. The number of aromatic nitrogens is 2. The van der Waals surface area contributed by atoms with Crippen LogP contribution in [-0.4, -0.2) is 4.98 Å². The van der Waals surface area contributed by atoms with E-state index in [1.165, 1.54) is 39.2 Å². The van der Waals surface area contributed by atoms with Gasteiger partial charge in [0.15, 0.2) is 6.20 Å². The van der Waals surface area contributed by atoms with E-state index in [9.17, 15) is 0 Å². The predicted octanol–water partition coefficient (Wildman–Crippen LogP) is 5.03. The summed E-state index contributed by atoms with van der Waals surface area (Å²) in [4.78, 5) is 5.01. The molecule has 1 aliphatic heterocycles. The Morgan fingerprint density at radius 3 is 2.74 bits per heavy atom. The molecule has 2 aliphatic rings. The van der Waals surface area contributed by atoms with E-state index < -0.39 is 6.85 Å². The van der Waals surface area contributed by atoms with Gasteiger partial charge >= 0.3 is 0 Å². The molecule has 2 nitrogen and oxygen atoms in total. The Balaban J connectivity index is 1.78. The maximum absolute atomic E-state index is 8.05.